The van der Waals surface area contributed by atoms with Crippen molar-refractivity contribution in [1.29, 1.82) is 5.26 Å². The van der Waals surface area contributed by atoms with Gasteiger partial charge in [-0.05, 0) is 30.5 Å². The summed E-state index contributed by atoms with van der Waals surface area (Å²) >= 11 is 6.00. The monoisotopic (exact) mass is 221 g/mol. The molecule has 2 nitrogen and oxygen atoms in total. The molecule has 0 saturated carbocycles. The van der Waals surface area contributed by atoms with Crippen LogP contribution in [0, 0.1) is 18.3 Å². The van der Waals surface area contributed by atoms with Crippen LogP contribution in [0.3, 0.4) is 0 Å². The van der Waals surface area contributed by atoms with Gasteiger partial charge in [0.15, 0.2) is 5.78 Å². The minimum absolute atomic E-state index is 0.0959. The van der Waals surface area contributed by atoms with Crippen LogP contribution in [-0.4, -0.2) is 5.78 Å². The number of hydrogen-bond donors (Lipinski definition) is 0. The number of halogens is 1. The molecule has 0 aromatic heterocycles. The molecule has 1 aromatic carbocycles. The van der Waals surface area contributed by atoms with Gasteiger partial charge in [-0.2, -0.15) is 5.26 Å². The smallest absolute Gasteiger partial charge is 0.152 e. The lowest BCUT2D eigenvalue weighted by Crippen LogP contribution is -2.06. The first-order valence-corrected chi connectivity index (χ1v) is 5.11. The van der Waals surface area contributed by atoms with Crippen LogP contribution in [0.5, 0.6) is 0 Å². The molecule has 3 heteroatoms. The van der Waals surface area contributed by atoms with E-state index in [1.54, 1.807) is 6.07 Å². The first kappa shape index (κ1) is 11.7. The number of alkyl halides is 1. The van der Waals surface area contributed by atoms with E-state index < -0.39 is 5.38 Å². The van der Waals surface area contributed by atoms with Crippen molar-refractivity contribution in [3.63, 3.8) is 0 Å². The van der Waals surface area contributed by atoms with E-state index in [9.17, 15) is 4.79 Å². The van der Waals surface area contributed by atoms with Crippen molar-refractivity contribution in [1.82, 2.24) is 0 Å². The van der Waals surface area contributed by atoms with Gasteiger partial charge in [-0.25, -0.2) is 0 Å². The minimum atomic E-state index is -0.645. The van der Waals surface area contributed by atoms with Crippen molar-refractivity contribution in [3.05, 3.63) is 34.9 Å². The molecule has 0 aliphatic heterocycles. The fourth-order valence-corrected chi connectivity index (χ4v) is 1.71. The molecule has 1 atom stereocenters. The molecule has 0 N–H and O–H groups in total. The van der Waals surface area contributed by atoms with Gasteiger partial charge >= 0.3 is 0 Å². The van der Waals surface area contributed by atoms with Gasteiger partial charge in [-0.3, -0.25) is 4.79 Å². The Morgan fingerprint density at radius 1 is 1.60 bits per heavy atom. The zero-order chi connectivity index (χ0) is 11.4. The lowest BCUT2D eigenvalue weighted by atomic mass is 9.96. The Balaban J connectivity index is 3.23. The molecule has 0 bridgehead atoms. The Morgan fingerprint density at radius 2 is 2.27 bits per heavy atom. The Morgan fingerprint density at radius 3 is 2.80 bits per heavy atom. The summed E-state index contributed by atoms with van der Waals surface area (Å²) in [5.74, 6) is -0.0959. The molecule has 0 aliphatic carbocycles. The quantitative estimate of drug-likeness (QED) is 0.737. The largest absolute Gasteiger partial charge is 0.298 e. The third kappa shape index (κ3) is 2.57. The van der Waals surface area contributed by atoms with Crippen LogP contribution in [0.1, 0.15) is 29.0 Å². The van der Waals surface area contributed by atoms with Crippen LogP contribution in [-0.2, 0) is 11.2 Å². The summed E-state index contributed by atoms with van der Waals surface area (Å²) in [5, 5.41) is 8.07. The van der Waals surface area contributed by atoms with Crippen LogP contribution < -0.4 is 0 Å². The number of carbonyl (C=O) groups is 1. The van der Waals surface area contributed by atoms with E-state index in [4.69, 9.17) is 16.9 Å². The van der Waals surface area contributed by atoms with E-state index in [0.717, 1.165) is 16.7 Å². The first-order valence-electron chi connectivity index (χ1n) is 4.67. The zero-order valence-corrected chi connectivity index (χ0v) is 9.51. The molecule has 15 heavy (non-hydrogen) atoms. The van der Waals surface area contributed by atoms with Crippen molar-refractivity contribution in [2.45, 2.75) is 25.6 Å². The first-order chi connectivity index (χ1) is 7.07. The van der Waals surface area contributed by atoms with Gasteiger partial charge in [0.2, 0.25) is 0 Å². The highest BCUT2D eigenvalue weighted by Crippen LogP contribution is 2.27. The standard InChI is InChI=1S/C12H12ClNO/c1-8-4-3-5-11(10(8)6-7-14)12(13)9(2)15/h3-5,12H,6H2,1-2H3. The summed E-state index contributed by atoms with van der Waals surface area (Å²) < 4.78 is 0. The van der Waals surface area contributed by atoms with E-state index in [0.29, 0.717) is 6.42 Å². The van der Waals surface area contributed by atoms with Crippen LogP contribution >= 0.6 is 11.6 Å². The SMILES string of the molecule is CC(=O)C(Cl)c1cccc(C)c1CC#N. The van der Waals surface area contributed by atoms with Gasteiger partial charge in [0.25, 0.3) is 0 Å². The Labute approximate surface area is 94.5 Å². The molecule has 1 rings (SSSR count). The summed E-state index contributed by atoms with van der Waals surface area (Å²) in [6.45, 7) is 3.37. The lowest BCUT2D eigenvalue weighted by Gasteiger charge is -2.12. The highest BCUT2D eigenvalue weighted by atomic mass is 35.5. The maximum Gasteiger partial charge on any atom is 0.152 e. The summed E-state index contributed by atoms with van der Waals surface area (Å²) in [6.07, 6.45) is 0.290. The van der Waals surface area contributed by atoms with Crippen LogP contribution in [0.25, 0.3) is 0 Å². The van der Waals surface area contributed by atoms with Crippen molar-refractivity contribution < 1.29 is 4.79 Å². The van der Waals surface area contributed by atoms with Gasteiger partial charge in [0.1, 0.15) is 5.38 Å². The van der Waals surface area contributed by atoms with Crippen LogP contribution in [0.15, 0.2) is 18.2 Å². The Kier molecular flexibility index (Phi) is 3.88. The highest BCUT2D eigenvalue weighted by Gasteiger charge is 2.17. The molecule has 1 unspecified atom stereocenters. The van der Waals surface area contributed by atoms with Gasteiger partial charge in [-0.1, -0.05) is 18.2 Å². The third-order valence-corrected chi connectivity index (χ3v) is 2.87. The van der Waals surface area contributed by atoms with Crippen molar-refractivity contribution in [2.24, 2.45) is 0 Å². The lowest BCUT2D eigenvalue weighted by molar-refractivity contribution is -0.116. The van der Waals surface area contributed by atoms with Gasteiger partial charge < -0.3 is 0 Å². The van der Waals surface area contributed by atoms with E-state index in [1.807, 2.05) is 19.1 Å². The highest BCUT2D eigenvalue weighted by molar-refractivity contribution is 6.30. The maximum atomic E-state index is 11.2. The number of hydrogen-bond acceptors (Lipinski definition) is 2. The Hall–Kier alpha value is -1.33. The normalized spacial score (nSPS) is 11.9. The second kappa shape index (κ2) is 4.95. The molecule has 0 fully saturated rings. The van der Waals surface area contributed by atoms with E-state index in [-0.39, 0.29) is 5.78 Å². The number of carbonyl (C=O) groups excluding carboxylic acids is 1. The molecular formula is C12H12ClNO. The fourth-order valence-electron chi connectivity index (χ4n) is 1.50. The average molecular weight is 222 g/mol. The average Bonchev–Trinajstić information content (AvgIpc) is 2.20. The van der Waals surface area contributed by atoms with Crippen molar-refractivity contribution in [2.75, 3.05) is 0 Å². The summed E-state index contributed by atoms with van der Waals surface area (Å²) in [7, 11) is 0. The van der Waals surface area contributed by atoms with E-state index >= 15 is 0 Å². The Bertz CT molecular complexity index is 420. The minimum Gasteiger partial charge on any atom is -0.298 e. The number of Topliss-reactive ketones (excluding diaryl/α,β-unsaturated/α-hetero) is 1. The van der Waals surface area contributed by atoms with E-state index in [2.05, 4.69) is 6.07 Å². The molecule has 0 aliphatic rings. The fraction of sp³-hybridized carbons (Fsp3) is 0.333. The maximum absolute atomic E-state index is 11.2. The van der Waals surface area contributed by atoms with Gasteiger partial charge in [-0.15, -0.1) is 11.6 Å². The predicted molar refractivity (Wildman–Crippen MR) is 59.8 cm³/mol. The van der Waals surface area contributed by atoms with Crippen LogP contribution in [0.4, 0.5) is 0 Å². The molecule has 0 heterocycles. The molecule has 0 spiro atoms. The number of ketones is 1. The number of rotatable bonds is 3. The topological polar surface area (TPSA) is 40.9 Å². The number of aryl methyl sites for hydroxylation is 1. The number of nitriles is 1. The second-order valence-corrected chi connectivity index (χ2v) is 3.89. The van der Waals surface area contributed by atoms with Gasteiger partial charge in [0, 0.05) is 0 Å². The third-order valence-electron chi connectivity index (χ3n) is 2.33. The molecular weight excluding hydrogens is 210 g/mol. The van der Waals surface area contributed by atoms with Gasteiger partial charge in [0.05, 0.1) is 12.5 Å². The molecule has 0 radical (unpaired) electrons. The molecule has 78 valence electrons. The molecule has 1 aromatic rings. The van der Waals surface area contributed by atoms with Crippen molar-refractivity contribution in [3.8, 4) is 6.07 Å². The summed E-state index contributed by atoms with van der Waals surface area (Å²) in [5.41, 5.74) is 2.63. The van der Waals surface area contributed by atoms with Crippen molar-refractivity contribution >= 4 is 17.4 Å². The summed E-state index contributed by atoms with van der Waals surface area (Å²) in [4.78, 5) is 11.2. The summed E-state index contributed by atoms with van der Waals surface area (Å²) in [6, 6.07) is 7.66. The second-order valence-electron chi connectivity index (χ2n) is 3.45. The molecule has 0 amide bonds. The predicted octanol–water partition coefficient (Wildman–Crippen LogP) is 2.93. The van der Waals surface area contributed by atoms with Crippen LogP contribution in [0.2, 0.25) is 0 Å². The number of nitrogens with zero attached hydrogens (tertiary/aromatic N) is 1. The zero-order valence-electron chi connectivity index (χ0n) is 8.75. The number of benzene rings is 1. The van der Waals surface area contributed by atoms with E-state index in [1.165, 1.54) is 6.92 Å². The molecule has 0 saturated heterocycles.